The highest BCUT2D eigenvalue weighted by Gasteiger charge is 2.28. The molecule has 1 aliphatic heterocycles. The van der Waals surface area contributed by atoms with E-state index in [2.05, 4.69) is 20.4 Å². The highest BCUT2D eigenvalue weighted by atomic mass is 16.5. The minimum Gasteiger partial charge on any atom is -0.375 e. The van der Waals surface area contributed by atoms with Gasteiger partial charge >= 0.3 is 0 Å². The van der Waals surface area contributed by atoms with Crippen LogP contribution in [0.4, 0.5) is 0 Å². The van der Waals surface area contributed by atoms with Gasteiger partial charge in [-0.2, -0.15) is 4.98 Å². The summed E-state index contributed by atoms with van der Waals surface area (Å²) in [7, 11) is 0. The van der Waals surface area contributed by atoms with Crippen LogP contribution < -0.4 is 5.32 Å². The van der Waals surface area contributed by atoms with Crippen molar-refractivity contribution in [3.05, 3.63) is 30.4 Å². The fraction of sp³-hybridized carbons (Fsp3) is 0.417. The molecular formula is C12H14N4O2. The molecule has 1 N–H and O–H groups in total. The van der Waals surface area contributed by atoms with Crippen molar-refractivity contribution in [2.45, 2.75) is 19.1 Å². The molecule has 0 saturated carbocycles. The average Bonchev–Trinajstić information content (AvgIpc) is 2.90. The Morgan fingerprint density at radius 1 is 1.44 bits per heavy atom. The van der Waals surface area contributed by atoms with E-state index in [0.717, 1.165) is 12.1 Å². The predicted octanol–water partition coefficient (Wildman–Crippen LogP) is 1.18. The minimum atomic E-state index is -0.0447. The van der Waals surface area contributed by atoms with Crippen LogP contribution in [-0.4, -0.2) is 34.4 Å². The molecule has 1 fully saturated rings. The lowest BCUT2D eigenvalue weighted by molar-refractivity contribution is -0.00136. The monoisotopic (exact) mass is 246 g/mol. The molecule has 2 aromatic heterocycles. The maximum Gasteiger partial charge on any atom is 0.246 e. The lowest BCUT2D eigenvalue weighted by Gasteiger charge is -2.27. The molecule has 1 aliphatic rings. The molecule has 2 atom stereocenters. The molecule has 6 nitrogen and oxygen atoms in total. The number of morpholine rings is 1. The van der Waals surface area contributed by atoms with Crippen molar-refractivity contribution in [1.29, 1.82) is 0 Å². The summed E-state index contributed by atoms with van der Waals surface area (Å²) >= 11 is 0. The quantitative estimate of drug-likeness (QED) is 0.857. The van der Waals surface area contributed by atoms with E-state index in [1.165, 1.54) is 0 Å². The number of ether oxygens (including phenoxy) is 1. The Balaban J connectivity index is 1.85. The van der Waals surface area contributed by atoms with E-state index in [1.54, 1.807) is 12.4 Å². The van der Waals surface area contributed by atoms with Crippen LogP contribution in [0.2, 0.25) is 0 Å². The van der Waals surface area contributed by atoms with Gasteiger partial charge in [0.15, 0.2) is 0 Å². The van der Waals surface area contributed by atoms with E-state index < -0.39 is 0 Å². The van der Waals surface area contributed by atoms with Crippen molar-refractivity contribution in [1.82, 2.24) is 20.4 Å². The van der Waals surface area contributed by atoms with Gasteiger partial charge in [-0.3, -0.25) is 4.98 Å². The number of aromatic nitrogens is 3. The van der Waals surface area contributed by atoms with Crippen LogP contribution in [0.3, 0.4) is 0 Å². The molecule has 2 aromatic rings. The van der Waals surface area contributed by atoms with E-state index in [9.17, 15) is 0 Å². The number of nitrogens with zero attached hydrogens (tertiary/aromatic N) is 3. The first kappa shape index (κ1) is 11.3. The highest BCUT2D eigenvalue weighted by molar-refractivity contribution is 5.51. The Kier molecular flexibility index (Phi) is 3.04. The molecule has 0 spiro atoms. The van der Waals surface area contributed by atoms with Crippen LogP contribution in [0, 0.1) is 0 Å². The zero-order valence-electron chi connectivity index (χ0n) is 10.0. The summed E-state index contributed by atoms with van der Waals surface area (Å²) in [4.78, 5) is 8.43. The zero-order chi connectivity index (χ0) is 12.4. The number of rotatable bonds is 2. The highest BCUT2D eigenvalue weighted by Crippen LogP contribution is 2.22. The number of hydrogen-bond donors (Lipinski definition) is 1. The molecule has 3 rings (SSSR count). The van der Waals surface area contributed by atoms with Crippen molar-refractivity contribution in [2.75, 3.05) is 13.2 Å². The summed E-state index contributed by atoms with van der Waals surface area (Å²) in [5.74, 6) is 1.11. The van der Waals surface area contributed by atoms with Crippen molar-refractivity contribution in [2.24, 2.45) is 0 Å². The topological polar surface area (TPSA) is 73.1 Å². The van der Waals surface area contributed by atoms with Gasteiger partial charge in [-0.15, -0.1) is 0 Å². The summed E-state index contributed by atoms with van der Waals surface area (Å²) in [6, 6.07) is 3.70. The fourth-order valence-electron chi connectivity index (χ4n) is 1.98. The van der Waals surface area contributed by atoms with Gasteiger partial charge < -0.3 is 14.6 Å². The third-order valence-electron chi connectivity index (χ3n) is 2.94. The van der Waals surface area contributed by atoms with Gasteiger partial charge in [-0.25, -0.2) is 0 Å². The molecule has 0 aliphatic carbocycles. The lowest BCUT2D eigenvalue weighted by atomic mass is 10.1. The Bertz CT molecular complexity index is 514. The van der Waals surface area contributed by atoms with Crippen LogP contribution in [0.25, 0.3) is 11.4 Å². The summed E-state index contributed by atoms with van der Waals surface area (Å²) in [6.07, 6.45) is 3.45. The summed E-state index contributed by atoms with van der Waals surface area (Å²) in [5.41, 5.74) is 0.844. The average molecular weight is 246 g/mol. The van der Waals surface area contributed by atoms with Crippen LogP contribution in [0.1, 0.15) is 18.9 Å². The normalized spacial score (nSPS) is 24.1. The summed E-state index contributed by atoms with van der Waals surface area (Å²) < 4.78 is 10.9. The second-order valence-electron chi connectivity index (χ2n) is 4.21. The Morgan fingerprint density at radius 2 is 2.39 bits per heavy atom. The molecule has 94 valence electrons. The van der Waals surface area contributed by atoms with Crippen molar-refractivity contribution >= 4 is 0 Å². The van der Waals surface area contributed by atoms with E-state index >= 15 is 0 Å². The number of hydrogen-bond acceptors (Lipinski definition) is 6. The molecule has 0 unspecified atom stereocenters. The molecule has 3 heterocycles. The van der Waals surface area contributed by atoms with Gasteiger partial charge in [-0.05, 0) is 19.1 Å². The molecule has 6 heteroatoms. The fourth-order valence-corrected chi connectivity index (χ4v) is 1.98. The molecule has 0 amide bonds. The Labute approximate surface area is 104 Å². The molecular weight excluding hydrogens is 232 g/mol. The first-order valence-electron chi connectivity index (χ1n) is 5.93. The van der Waals surface area contributed by atoms with Crippen LogP contribution in [-0.2, 0) is 4.74 Å². The van der Waals surface area contributed by atoms with Gasteiger partial charge in [0.1, 0.15) is 6.04 Å². The maximum atomic E-state index is 5.56. The predicted molar refractivity (Wildman–Crippen MR) is 63.7 cm³/mol. The third kappa shape index (κ3) is 2.12. The minimum absolute atomic E-state index is 0.0287. The maximum absolute atomic E-state index is 5.56. The first-order chi connectivity index (χ1) is 8.84. The largest absolute Gasteiger partial charge is 0.375 e. The van der Waals surface area contributed by atoms with Gasteiger partial charge in [-0.1, -0.05) is 5.16 Å². The third-order valence-corrected chi connectivity index (χ3v) is 2.94. The van der Waals surface area contributed by atoms with E-state index in [0.29, 0.717) is 18.3 Å². The molecule has 1 saturated heterocycles. The molecule has 18 heavy (non-hydrogen) atoms. The van der Waals surface area contributed by atoms with Gasteiger partial charge in [0, 0.05) is 24.5 Å². The Morgan fingerprint density at radius 3 is 3.17 bits per heavy atom. The summed E-state index contributed by atoms with van der Waals surface area (Å²) in [5, 5.41) is 7.29. The van der Waals surface area contributed by atoms with E-state index in [1.807, 2.05) is 19.1 Å². The van der Waals surface area contributed by atoms with E-state index in [4.69, 9.17) is 9.26 Å². The smallest absolute Gasteiger partial charge is 0.246 e. The van der Waals surface area contributed by atoms with Crippen molar-refractivity contribution in [3.8, 4) is 11.4 Å². The second kappa shape index (κ2) is 4.83. The lowest BCUT2D eigenvalue weighted by Crippen LogP contribution is -2.40. The van der Waals surface area contributed by atoms with Gasteiger partial charge in [0.25, 0.3) is 0 Å². The molecule has 0 aromatic carbocycles. The summed E-state index contributed by atoms with van der Waals surface area (Å²) in [6.45, 7) is 3.49. The van der Waals surface area contributed by atoms with Crippen LogP contribution in [0.5, 0.6) is 0 Å². The zero-order valence-corrected chi connectivity index (χ0v) is 10.0. The standard InChI is InChI=1S/C12H14N4O2/c1-8-10(14-5-6-17-8)12-15-11(16-18-12)9-3-2-4-13-7-9/h2-4,7-8,10,14H,5-6H2,1H3/t8-,10+/m1/s1. The Hall–Kier alpha value is -1.79. The van der Waals surface area contributed by atoms with E-state index in [-0.39, 0.29) is 12.1 Å². The van der Waals surface area contributed by atoms with Crippen molar-refractivity contribution in [3.63, 3.8) is 0 Å². The molecule has 0 bridgehead atoms. The van der Waals surface area contributed by atoms with Crippen LogP contribution >= 0.6 is 0 Å². The number of nitrogens with one attached hydrogen (secondary N) is 1. The van der Waals surface area contributed by atoms with Crippen molar-refractivity contribution < 1.29 is 9.26 Å². The SMILES string of the molecule is C[C@H]1OCCN[C@@H]1c1nc(-c2cccnc2)no1. The van der Waals surface area contributed by atoms with Crippen LogP contribution in [0.15, 0.2) is 29.0 Å². The molecule has 0 radical (unpaired) electrons. The second-order valence-corrected chi connectivity index (χ2v) is 4.21. The first-order valence-corrected chi connectivity index (χ1v) is 5.93. The number of pyridine rings is 1. The van der Waals surface area contributed by atoms with Gasteiger partial charge in [0.05, 0.1) is 12.7 Å². The van der Waals surface area contributed by atoms with Gasteiger partial charge in [0.2, 0.25) is 11.7 Å².